The SMILES string of the molecule is CN/N=C(\N)NC(=O)c1ccc(-c2cc(N)c(C(=N)N)c(-c3ccc(Oc4ccccc4)cc3)n2)cc1. The van der Waals surface area contributed by atoms with Gasteiger partial charge in [-0.05, 0) is 54.6 Å². The Kier molecular flexibility index (Phi) is 7.29. The van der Waals surface area contributed by atoms with E-state index in [4.69, 9.17) is 32.3 Å². The number of ether oxygens (including phenoxy) is 1. The van der Waals surface area contributed by atoms with Gasteiger partial charge >= 0.3 is 0 Å². The van der Waals surface area contributed by atoms with Crippen LogP contribution in [-0.2, 0) is 0 Å². The van der Waals surface area contributed by atoms with Gasteiger partial charge in [-0.15, -0.1) is 5.10 Å². The second kappa shape index (κ2) is 10.9. The number of amidine groups is 1. The highest BCUT2D eigenvalue weighted by Gasteiger charge is 2.17. The van der Waals surface area contributed by atoms with E-state index < -0.39 is 5.91 Å². The van der Waals surface area contributed by atoms with Gasteiger partial charge in [-0.1, -0.05) is 30.3 Å². The van der Waals surface area contributed by atoms with Crippen LogP contribution in [-0.4, -0.2) is 29.7 Å². The number of amides is 1. The van der Waals surface area contributed by atoms with Crippen molar-refractivity contribution in [2.45, 2.75) is 0 Å². The fourth-order valence-corrected chi connectivity index (χ4v) is 3.64. The maximum atomic E-state index is 12.4. The number of pyridine rings is 1. The standard InChI is InChI=1S/C27H26N8O2/c1-32-35-27(31)34-26(36)18-9-7-16(8-10-18)22-15-21(28)23(25(29)30)24(33-22)17-11-13-20(14-12-17)37-19-5-3-2-4-6-19/h2-15,32H,1H3,(H2,28,33)(H3,29,30)(H3,31,34,35,36). The molecule has 0 radical (unpaired) electrons. The Balaban J connectivity index is 1.64. The summed E-state index contributed by atoms with van der Waals surface area (Å²) in [6.07, 6.45) is 0. The molecule has 0 saturated carbocycles. The highest BCUT2D eigenvalue weighted by molar-refractivity contribution is 6.06. The molecule has 0 aliphatic carbocycles. The molecule has 1 aromatic heterocycles. The highest BCUT2D eigenvalue weighted by Crippen LogP contribution is 2.32. The van der Waals surface area contributed by atoms with Gasteiger partial charge in [0.2, 0.25) is 5.96 Å². The number of benzene rings is 3. The van der Waals surface area contributed by atoms with E-state index in [1.807, 2.05) is 54.6 Å². The molecule has 0 spiro atoms. The molecule has 4 aromatic rings. The monoisotopic (exact) mass is 494 g/mol. The van der Waals surface area contributed by atoms with Gasteiger partial charge in [0.05, 0.1) is 17.0 Å². The zero-order valence-electron chi connectivity index (χ0n) is 20.0. The lowest BCUT2D eigenvalue weighted by Gasteiger charge is -2.14. The summed E-state index contributed by atoms with van der Waals surface area (Å²) in [5, 5.41) is 14.2. The van der Waals surface area contributed by atoms with E-state index >= 15 is 0 Å². The Morgan fingerprint density at radius 2 is 1.54 bits per heavy atom. The van der Waals surface area contributed by atoms with E-state index in [1.165, 1.54) is 0 Å². The molecule has 10 nitrogen and oxygen atoms in total. The molecule has 0 aliphatic rings. The third-order valence-corrected chi connectivity index (χ3v) is 5.34. The number of anilines is 1. The topological polar surface area (TPSA) is 178 Å². The molecular weight excluding hydrogens is 468 g/mol. The molecule has 1 amide bonds. The first-order chi connectivity index (χ1) is 17.9. The zero-order valence-corrected chi connectivity index (χ0v) is 20.0. The van der Waals surface area contributed by atoms with Gasteiger partial charge in [-0.25, -0.2) is 4.98 Å². The number of guanidine groups is 1. The minimum atomic E-state index is -0.402. The van der Waals surface area contributed by atoms with Crippen LogP contribution in [0.4, 0.5) is 5.69 Å². The summed E-state index contributed by atoms with van der Waals surface area (Å²) in [7, 11) is 1.57. The molecule has 0 saturated heterocycles. The van der Waals surface area contributed by atoms with Gasteiger partial charge in [0.15, 0.2) is 0 Å². The number of aromatic nitrogens is 1. The summed E-state index contributed by atoms with van der Waals surface area (Å²) in [4.78, 5) is 17.1. The number of para-hydroxylation sites is 1. The fourth-order valence-electron chi connectivity index (χ4n) is 3.64. The number of nitrogens with one attached hydrogen (secondary N) is 3. The van der Waals surface area contributed by atoms with Crippen LogP contribution in [0.5, 0.6) is 11.5 Å². The summed E-state index contributed by atoms with van der Waals surface area (Å²) >= 11 is 0. The molecule has 0 atom stereocenters. The third-order valence-electron chi connectivity index (χ3n) is 5.34. The number of hydrogen-bond acceptors (Lipinski definition) is 7. The van der Waals surface area contributed by atoms with E-state index in [0.29, 0.717) is 34.0 Å². The van der Waals surface area contributed by atoms with Crippen molar-refractivity contribution in [2.75, 3.05) is 12.8 Å². The largest absolute Gasteiger partial charge is 0.457 e. The second-order valence-electron chi connectivity index (χ2n) is 7.93. The molecule has 9 N–H and O–H groups in total. The molecule has 37 heavy (non-hydrogen) atoms. The van der Waals surface area contributed by atoms with Crippen LogP contribution in [0.15, 0.2) is 90.0 Å². The number of hydrogen-bond donors (Lipinski definition) is 6. The summed E-state index contributed by atoms with van der Waals surface area (Å²) in [5.41, 5.74) is 23.8. The van der Waals surface area contributed by atoms with Gasteiger partial charge in [0.25, 0.3) is 5.91 Å². The van der Waals surface area contributed by atoms with Crippen LogP contribution in [0.1, 0.15) is 15.9 Å². The summed E-state index contributed by atoms with van der Waals surface area (Å²) in [6.45, 7) is 0. The Labute approximate surface area is 213 Å². The molecule has 3 aromatic carbocycles. The van der Waals surface area contributed by atoms with E-state index in [2.05, 4.69) is 15.8 Å². The number of nitrogens with two attached hydrogens (primary N) is 3. The van der Waals surface area contributed by atoms with Gasteiger partial charge in [-0.2, -0.15) is 0 Å². The fraction of sp³-hybridized carbons (Fsp3) is 0.0370. The van der Waals surface area contributed by atoms with Crippen molar-refractivity contribution in [1.82, 2.24) is 15.7 Å². The highest BCUT2D eigenvalue weighted by atomic mass is 16.5. The Hall–Kier alpha value is -5.38. The van der Waals surface area contributed by atoms with Gasteiger partial charge in [-0.3, -0.25) is 15.5 Å². The van der Waals surface area contributed by atoms with E-state index in [0.717, 1.165) is 16.9 Å². The van der Waals surface area contributed by atoms with Crippen LogP contribution in [0.25, 0.3) is 22.5 Å². The number of rotatable bonds is 7. The molecule has 1 heterocycles. The lowest BCUT2D eigenvalue weighted by atomic mass is 10.00. The predicted octanol–water partition coefficient (Wildman–Crippen LogP) is 3.25. The molecule has 0 fully saturated rings. The van der Waals surface area contributed by atoms with Gasteiger partial charge < -0.3 is 27.4 Å². The van der Waals surface area contributed by atoms with E-state index in [1.54, 1.807) is 37.4 Å². The summed E-state index contributed by atoms with van der Waals surface area (Å²) < 4.78 is 5.87. The van der Waals surface area contributed by atoms with Gasteiger partial charge in [0, 0.05) is 29.4 Å². The second-order valence-corrected chi connectivity index (χ2v) is 7.93. The molecule has 186 valence electrons. The quantitative estimate of drug-likeness (QED) is 0.130. The molecule has 0 aliphatic heterocycles. The van der Waals surface area contributed by atoms with Crippen molar-refractivity contribution >= 4 is 23.4 Å². The van der Waals surface area contributed by atoms with Crippen molar-refractivity contribution in [2.24, 2.45) is 16.6 Å². The molecule has 0 bridgehead atoms. The summed E-state index contributed by atoms with van der Waals surface area (Å²) in [6, 6.07) is 25.2. The smallest absolute Gasteiger partial charge is 0.257 e. The molecule has 0 unspecified atom stereocenters. The van der Waals surface area contributed by atoms with Gasteiger partial charge in [0.1, 0.15) is 17.3 Å². The van der Waals surface area contributed by atoms with Crippen molar-refractivity contribution < 1.29 is 9.53 Å². The molecule has 10 heteroatoms. The number of carbonyl (C=O) groups is 1. The van der Waals surface area contributed by atoms with Crippen molar-refractivity contribution in [3.63, 3.8) is 0 Å². The lowest BCUT2D eigenvalue weighted by Crippen LogP contribution is -2.37. The van der Waals surface area contributed by atoms with Crippen LogP contribution in [0.3, 0.4) is 0 Å². The number of nitrogen functional groups attached to an aromatic ring is 2. The first-order valence-corrected chi connectivity index (χ1v) is 11.3. The average molecular weight is 495 g/mol. The van der Waals surface area contributed by atoms with E-state index in [9.17, 15) is 4.79 Å². The minimum Gasteiger partial charge on any atom is -0.457 e. The average Bonchev–Trinajstić information content (AvgIpc) is 2.89. The van der Waals surface area contributed by atoms with E-state index in [-0.39, 0.29) is 11.8 Å². The van der Waals surface area contributed by atoms with Crippen LogP contribution in [0.2, 0.25) is 0 Å². The predicted molar refractivity (Wildman–Crippen MR) is 145 cm³/mol. The number of hydrazone groups is 1. The normalized spacial score (nSPS) is 11.0. The Morgan fingerprint density at radius 3 is 2.16 bits per heavy atom. The molecule has 4 rings (SSSR count). The van der Waals surface area contributed by atoms with Crippen molar-refractivity contribution in [1.29, 1.82) is 5.41 Å². The zero-order chi connectivity index (χ0) is 26.4. The Bertz CT molecular complexity index is 1450. The number of carbonyl (C=O) groups excluding carboxylic acids is 1. The van der Waals surface area contributed by atoms with Crippen LogP contribution < -0.4 is 32.7 Å². The number of nitrogens with zero attached hydrogens (tertiary/aromatic N) is 2. The van der Waals surface area contributed by atoms with Crippen molar-refractivity contribution in [3.8, 4) is 34.0 Å². The van der Waals surface area contributed by atoms with Crippen molar-refractivity contribution in [3.05, 3.63) is 96.1 Å². The summed E-state index contributed by atoms with van der Waals surface area (Å²) in [5.74, 6) is 0.733. The first kappa shape index (κ1) is 24.7. The lowest BCUT2D eigenvalue weighted by molar-refractivity contribution is 0.0976. The maximum Gasteiger partial charge on any atom is 0.257 e. The minimum absolute atomic E-state index is 0.0457. The van der Waals surface area contributed by atoms with Crippen LogP contribution in [0, 0.1) is 5.41 Å². The first-order valence-electron chi connectivity index (χ1n) is 11.3. The van der Waals surface area contributed by atoms with Crippen LogP contribution >= 0.6 is 0 Å². The Morgan fingerprint density at radius 1 is 0.919 bits per heavy atom. The molecular formula is C27H26N8O2. The third kappa shape index (κ3) is 5.82. The maximum absolute atomic E-state index is 12.4.